The molecular weight excluding hydrogens is 245 g/mol. The van der Waals surface area contributed by atoms with Crippen molar-refractivity contribution in [2.45, 2.75) is 43.9 Å². The fourth-order valence-corrected chi connectivity index (χ4v) is 2.75. The number of alkyl halides is 3. The van der Waals surface area contributed by atoms with E-state index >= 15 is 0 Å². The van der Waals surface area contributed by atoms with Gasteiger partial charge in [0.1, 0.15) is 5.75 Å². The van der Waals surface area contributed by atoms with Crippen LogP contribution in [0.15, 0.2) is 18.2 Å². The van der Waals surface area contributed by atoms with Gasteiger partial charge in [-0.3, -0.25) is 0 Å². The van der Waals surface area contributed by atoms with Crippen LogP contribution in [0.1, 0.15) is 31.4 Å². The predicted molar refractivity (Wildman–Crippen MR) is 60.5 cm³/mol. The van der Waals surface area contributed by atoms with Crippen LogP contribution in [0.5, 0.6) is 5.75 Å². The summed E-state index contributed by atoms with van der Waals surface area (Å²) < 4.78 is 38.8. The summed E-state index contributed by atoms with van der Waals surface area (Å²) in [5, 5.41) is 19.3. The zero-order valence-corrected chi connectivity index (χ0v) is 10.2. The predicted octanol–water partition coefficient (Wildman–Crippen LogP) is 2.91. The maximum Gasteiger partial charge on any atom is 0.417 e. The largest absolute Gasteiger partial charge is 0.508 e. The summed E-state index contributed by atoms with van der Waals surface area (Å²) in [4.78, 5) is 0. The Morgan fingerprint density at radius 3 is 2.39 bits per heavy atom. The number of hydrogen-bond donors (Lipinski definition) is 2. The van der Waals surface area contributed by atoms with Crippen molar-refractivity contribution in [2.75, 3.05) is 0 Å². The van der Waals surface area contributed by atoms with Gasteiger partial charge in [0.05, 0.1) is 0 Å². The summed E-state index contributed by atoms with van der Waals surface area (Å²) in [6.45, 7) is 3.28. The van der Waals surface area contributed by atoms with Gasteiger partial charge in [0, 0.05) is 6.42 Å². The van der Waals surface area contributed by atoms with Crippen LogP contribution in [-0.2, 0) is 11.8 Å². The number of fused-ring (bicyclic) bond motifs is 1. The Hall–Kier alpha value is -1.23. The highest BCUT2D eigenvalue weighted by Gasteiger charge is 2.58. The third-order valence-electron chi connectivity index (χ3n) is 3.57. The second-order valence-electron chi connectivity index (χ2n) is 5.61. The Labute approximate surface area is 103 Å². The second kappa shape index (κ2) is 3.63. The summed E-state index contributed by atoms with van der Waals surface area (Å²) in [7, 11) is 0. The number of aromatic hydroxyl groups is 1. The van der Waals surface area contributed by atoms with Gasteiger partial charge in [-0.25, -0.2) is 0 Å². The zero-order valence-electron chi connectivity index (χ0n) is 10.2. The van der Waals surface area contributed by atoms with E-state index in [1.54, 1.807) is 13.8 Å². The van der Waals surface area contributed by atoms with Gasteiger partial charge in [-0.05, 0) is 35.1 Å². The molecule has 5 heteroatoms. The number of rotatable bonds is 0. The Morgan fingerprint density at radius 1 is 1.22 bits per heavy atom. The van der Waals surface area contributed by atoms with Gasteiger partial charge in [0.25, 0.3) is 0 Å². The minimum Gasteiger partial charge on any atom is -0.508 e. The number of phenolic OH excluding ortho intramolecular Hbond substituents is 1. The lowest BCUT2D eigenvalue weighted by Crippen LogP contribution is -2.53. The quantitative estimate of drug-likeness (QED) is 0.753. The van der Waals surface area contributed by atoms with Crippen LogP contribution in [0.2, 0.25) is 0 Å². The maximum atomic E-state index is 12.9. The van der Waals surface area contributed by atoms with Crippen molar-refractivity contribution in [2.24, 2.45) is 0 Å². The van der Waals surface area contributed by atoms with Crippen molar-refractivity contribution >= 4 is 0 Å². The van der Waals surface area contributed by atoms with E-state index in [0.717, 1.165) is 0 Å². The van der Waals surface area contributed by atoms with Crippen molar-refractivity contribution in [3.8, 4) is 5.75 Å². The van der Waals surface area contributed by atoms with Crippen LogP contribution in [0.4, 0.5) is 13.2 Å². The minimum atomic E-state index is -4.65. The molecule has 1 atom stereocenters. The molecule has 1 aromatic carbocycles. The monoisotopic (exact) mass is 260 g/mol. The molecule has 0 heterocycles. The summed E-state index contributed by atoms with van der Waals surface area (Å²) in [5.41, 5.74) is -2.43. The van der Waals surface area contributed by atoms with Crippen molar-refractivity contribution in [3.05, 3.63) is 29.3 Å². The average Bonchev–Trinajstić information content (AvgIpc) is 2.17. The number of halogens is 3. The molecule has 1 aliphatic carbocycles. The van der Waals surface area contributed by atoms with E-state index in [-0.39, 0.29) is 5.75 Å². The molecule has 2 N–H and O–H groups in total. The van der Waals surface area contributed by atoms with E-state index < -0.39 is 30.0 Å². The summed E-state index contributed by atoms with van der Waals surface area (Å²) in [6, 6.07) is 4.27. The SMILES string of the molecule is CC1(C)CC(O)(C(F)(F)F)Cc2ccc(O)cc21. The molecule has 0 bridgehead atoms. The lowest BCUT2D eigenvalue weighted by atomic mass is 9.66. The molecule has 100 valence electrons. The van der Waals surface area contributed by atoms with Gasteiger partial charge < -0.3 is 10.2 Å². The molecule has 2 rings (SSSR count). The van der Waals surface area contributed by atoms with Crippen LogP contribution < -0.4 is 0 Å². The molecule has 0 saturated heterocycles. The van der Waals surface area contributed by atoms with E-state index in [4.69, 9.17) is 0 Å². The van der Waals surface area contributed by atoms with E-state index in [2.05, 4.69) is 0 Å². The lowest BCUT2D eigenvalue weighted by molar-refractivity contribution is -0.268. The summed E-state index contributed by atoms with van der Waals surface area (Å²) in [6.07, 6.45) is -5.52. The van der Waals surface area contributed by atoms with Gasteiger partial charge in [0.2, 0.25) is 0 Å². The molecule has 0 saturated carbocycles. The van der Waals surface area contributed by atoms with E-state index in [9.17, 15) is 23.4 Å². The fourth-order valence-electron chi connectivity index (χ4n) is 2.75. The lowest BCUT2D eigenvalue weighted by Gasteiger charge is -2.43. The van der Waals surface area contributed by atoms with Crippen molar-refractivity contribution in [1.82, 2.24) is 0 Å². The molecule has 0 aromatic heterocycles. The fraction of sp³-hybridized carbons (Fsp3) is 0.538. The summed E-state index contributed by atoms with van der Waals surface area (Å²) in [5.74, 6) is 0.0271. The number of benzene rings is 1. The second-order valence-corrected chi connectivity index (χ2v) is 5.61. The van der Waals surface area contributed by atoms with Crippen LogP contribution in [0.25, 0.3) is 0 Å². The van der Waals surface area contributed by atoms with Crippen molar-refractivity contribution < 1.29 is 23.4 Å². The Morgan fingerprint density at radius 2 is 1.83 bits per heavy atom. The third kappa shape index (κ3) is 1.96. The Kier molecular flexibility index (Phi) is 2.67. The molecule has 1 unspecified atom stereocenters. The molecule has 0 aliphatic heterocycles. The normalized spacial score (nSPS) is 26.8. The molecule has 1 aromatic rings. The standard InChI is InChI=1S/C13H15F3O2/c1-11(2)7-12(18,13(14,15)16)6-8-3-4-9(17)5-10(8)11/h3-5,17-18H,6-7H2,1-2H3. The molecule has 2 nitrogen and oxygen atoms in total. The topological polar surface area (TPSA) is 40.5 Å². The first-order valence-electron chi connectivity index (χ1n) is 5.67. The van der Waals surface area contributed by atoms with Gasteiger partial charge in [-0.2, -0.15) is 13.2 Å². The summed E-state index contributed by atoms with van der Waals surface area (Å²) >= 11 is 0. The first kappa shape index (κ1) is 13.2. The molecule has 0 spiro atoms. The number of phenols is 1. The molecule has 0 radical (unpaired) electrons. The van der Waals surface area contributed by atoms with Gasteiger partial charge in [-0.1, -0.05) is 19.9 Å². The molecular formula is C13H15F3O2. The van der Waals surface area contributed by atoms with Gasteiger partial charge in [-0.15, -0.1) is 0 Å². The molecule has 1 aliphatic rings. The highest BCUT2D eigenvalue weighted by Crippen LogP contribution is 2.48. The van der Waals surface area contributed by atoms with Crippen molar-refractivity contribution in [3.63, 3.8) is 0 Å². The number of hydrogen-bond acceptors (Lipinski definition) is 2. The van der Waals surface area contributed by atoms with Crippen LogP contribution in [-0.4, -0.2) is 22.0 Å². The van der Waals surface area contributed by atoms with Gasteiger partial charge >= 0.3 is 6.18 Å². The molecule has 0 amide bonds. The average molecular weight is 260 g/mol. The Balaban J connectivity index is 2.54. The maximum absolute atomic E-state index is 12.9. The molecule has 0 fully saturated rings. The molecule has 18 heavy (non-hydrogen) atoms. The highest BCUT2D eigenvalue weighted by atomic mass is 19.4. The van der Waals surface area contributed by atoms with E-state index in [0.29, 0.717) is 11.1 Å². The van der Waals surface area contributed by atoms with Gasteiger partial charge in [0.15, 0.2) is 5.60 Å². The zero-order chi connectivity index (χ0) is 13.8. The van der Waals surface area contributed by atoms with Crippen molar-refractivity contribution in [1.29, 1.82) is 0 Å². The smallest absolute Gasteiger partial charge is 0.417 e. The Bertz CT molecular complexity index is 480. The first-order chi connectivity index (χ1) is 8.05. The van der Waals surface area contributed by atoms with E-state index in [1.165, 1.54) is 18.2 Å². The van der Waals surface area contributed by atoms with E-state index in [1.807, 2.05) is 0 Å². The minimum absolute atomic E-state index is 0.0271. The van der Waals surface area contributed by atoms with Crippen LogP contribution in [0, 0.1) is 0 Å². The van der Waals surface area contributed by atoms with Crippen LogP contribution in [0.3, 0.4) is 0 Å². The third-order valence-corrected chi connectivity index (χ3v) is 3.57. The first-order valence-corrected chi connectivity index (χ1v) is 5.67. The van der Waals surface area contributed by atoms with Crippen LogP contribution >= 0.6 is 0 Å². The number of aliphatic hydroxyl groups is 1. The highest BCUT2D eigenvalue weighted by molar-refractivity contribution is 5.43.